The van der Waals surface area contributed by atoms with Crippen molar-refractivity contribution in [3.05, 3.63) is 0 Å². The molecule has 5 nitrogen and oxygen atoms in total. The monoisotopic (exact) mass is 693 g/mol. The van der Waals surface area contributed by atoms with E-state index in [0.29, 0.717) is 0 Å². The van der Waals surface area contributed by atoms with E-state index in [1.54, 1.807) is 0 Å². The normalized spacial score (nSPS) is 11.3. The van der Waals surface area contributed by atoms with Crippen molar-refractivity contribution >= 4 is 11.8 Å². The summed E-state index contributed by atoms with van der Waals surface area (Å²) in [5, 5.41) is 0. The molecule has 0 rings (SSSR count). The van der Waals surface area contributed by atoms with E-state index in [4.69, 9.17) is 4.74 Å². The lowest BCUT2D eigenvalue weighted by Gasteiger charge is -2.24. The minimum atomic E-state index is 0.0295. The van der Waals surface area contributed by atoms with Gasteiger partial charge in [0.15, 0.2) is 0 Å². The lowest BCUT2D eigenvalue weighted by molar-refractivity contribution is -0.142. The van der Waals surface area contributed by atoms with Crippen LogP contribution < -0.4 is 0 Å². The molecule has 0 saturated carbocycles. The van der Waals surface area contributed by atoms with Gasteiger partial charge in [0.2, 0.25) is 11.8 Å². The third-order valence-electron chi connectivity index (χ3n) is 10.3. The quantitative estimate of drug-likeness (QED) is 0.0601. The summed E-state index contributed by atoms with van der Waals surface area (Å²) in [4.78, 5) is 30.7. The summed E-state index contributed by atoms with van der Waals surface area (Å²) >= 11 is 0. The summed E-state index contributed by atoms with van der Waals surface area (Å²) in [6.45, 7) is 12.4. The smallest absolute Gasteiger partial charge is 0.248 e. The Hall–Kier alpha value is -1.10. The third-order valence-corrected chi connectivity index (χ3v) is 10.3. The number of hydrogen-bond donors (Lipinski definition) is 0. The summed E-state index contributed by atoms with van der Waals surface area (Å²) in [5.74, 6) is 0.129. The van der Waals surface area contributed by atoms with E-state index < -0.39 is 0 Å². The number of nitrogens with zero attached hydrogens (tertiary/aromatic N) is 2. The van der Waals surface area contributed by atoms with Gasteiger partial charge in [0.25, 0.3) is 0 Å². The van der Waals surface area contributed by atoms with Crippen molar-refractivity contribution in [1.29, 1.82) is 0 Å². The molecule has 0 heterocycles. The standard InChI is InChI=1S/C44H88N2O3/c1-5-9-13-17-21-23-25-27-31-35-39-46(40-36-32-28-26-24-22-18-14-10-6-2)44(48)42-49-41-43(47)45(37-33-29-19-15-11-7-3)38-34-30-20-16-12-8-4/h5-42H2,1-4H3. The predicted molar refractivity (Wildman–Crippen MR) is 214 cm³/mol. The molecule has 2 amide bonds. The Labute approximate surface area is 307 Å². The minimum Gasteiger partial charge on any atom is -0.362 e. The molecule has 0 bridgehead atoms. The number of hydrogen-bond acceptors (Lipinski definition) is 3. The van der Waals surface area contributed by atoms with Gasteiger partial charge < -0.3 is 14.5 Å². The maximum absolute atomic E-state index is 13.3. The van der Waals surface area contributed by atoms with Gasteiger partial charge in [0.05, 0.1) is 0 Å². The van der Waals surface area contributed by atoms with Crippen LogP contribution in [0.3, 0.4) is 0 Å². The fourth-order valence-electron chi connectivity index (χ4n) is 6.88. The largest absolute Gasteiger partial charge is 0.362 e. The first kappa shape index (κ1) is 47.9. The first-order chi connectivity index (χ1) is 24.1. The molecule has 49 heavy (non-hydrogen) atoms. The van der Waals surface area contributed by atoms with Crippen LogP contribution in [0.5, 0.6) is 0 Å². The van der Waals surface area contributed by atoms with E-state index in [1.807, 2.05) is 9.80 Å². The molecule has 5 heteroatoms. The van der Waals surface area contributed by atoms with Gasteiger partial charge in [-0.25, -0.2) is 0 Å². The second-order valence-electron chi connectivity index (χ2n) is 15.2. The fourth-order valence-corrected chi connectivity index (χ4v) is 6.88. The van der Waals surface area contributed by atoms with Crippen LogP contribution in [0.1, 0.15) is 233 Å². The lowest BCUT2D eigenvalue weighted by atomic mass is 10.1. The number of amides is 2. The van der Waals surface area contributed by atoms with Crippen LogP contribution in [0.15, 0.2) is 0 Å². The SMILES string of the molecule is CCCCCCCCCCCCN(CCCCCCCCCCCC)C(=O)COCC(=O)N(CCCCCCCC)CCCCCCCC. The molecule has 0 radical (unpaired) electrons. The van der Waals surface area contributed by atoms with Gasteiger partial charge in [-0.1, -0.05) is 207 Å². The molecule has 0 aromatic carbocycles. The zero-order valence-electron chi connectivity index (χ0n) is 34.0. The van der Waals surface area contributed by atoms with Crippen molar-refractivity contribution in [2.24, 2.45) is 0 Å². The van der Waals surface area contributed by atoms with E-state index in [-0.39, 0.29) is 25.0 Å². The summed E-state index contributed by atoms with van der Waals surface area (Å²) in [5.41, 5.74) is 0. The Morgan fingerprint density at radius 1 is 0.306 bits per heavy atom. The third kappa shape index (κ3) is 33.8. The predicted octanol–water partition coefficient (Wildman–Crippen LogP) is 13.2. The van der Waals surface area contributed by atoms with Crippen molar-refractivity contribution in [1.82, 2.24) is 9.80 Å². The van der Waals surface area contributed by atoms with E-state index in [1.165, 1.54) is 180 Å². The molecule has 0 aromatic rings. The number of unbranched alkanes of at least 4 members (excludes halogenated alkanes) is 28. The van der Waals surface area contributed by atoms with Crippen LogP contribution in [0.2, 0.25) is 0 Å². The molecule has 0 aliphatic heterocycles. The molecule has 0 aliphatic carbocycles. The van der Waals surface area contributed by atoms with E-state index in [0.717, 1.165) is 51.9 Å². The van der Waals surface area contributed by atoms with Gasteiger partial charge in [-0.2, -0.15) is 0 Å². The van der Waals surface area contributed by atoms with Crippen molar-refractivity contribution in [2.75, 3.05) is 39.4 Å². The topological polar surface area (TPSA) is 49.9 Å². The maximum atomic E-state index is 13.3. The van der Waals surface area contributed by atoms with Crippen LogP contribution in [0.4, 0.5) is 0 Å². The van der Waals surface area contributed by atoms with Crippen LogP contribution >= 0.6 is 0 Å². The Balaban J connectivity index is 4.71. The molecule has 0 aromatic heterocycles. The Bertz CT molecular complexity index is 645. The van der Waals surface area contributed by atoms with E-state index in [2.05, 4.69) is 27.7 Å². The van der Waals surface area contributed by atoms with Crippen LogP contribution in [-0.2, 0) is 14.3 Å². The molecular formula is C44H88N2O3. The molecular weight excluding hydrogens is 604 g/mol. The molecule has 0 atom stereocenters. The molecule has 0 fully saturated rings. The Morgan fingerprint density at radius 3 is 0.694 bits per heavy atom. The van der Waals surface area contributed by atoms with E-state index >= 15 is 0 Å². The van der Waals surface area contributed by atoms with Gasteiger partial charge in [-0.05, 0) is 25.7 Å². The lowest BCUT2D eigenvalue weighted by Crippen LogP contribution is -2.39. The van der Waals surface area contributed by atoms with Crippen molar-refractivity contribution < 1.29 is 14.3 Å². The second-order valence-corrected chi connectivity index (χ2v) is 15.2. The first-order valence-electron chi connectivity index (χ1n) is 22.2. The van der Waals surface area contributed by atoms with Gasteiger partial charge in [0.1, 0.15) is 13.2 Å². The van der Waals surface area contributed by atoms with Crippen molar-refractivity contribution in [3.8, 4) is 0 Å². The Kier molecular flexibility index (Phi) is 38.8. The molecule has 0 spiro atoms. The zero-order chi connectivity index (χ0) is 35.9. The van der Waals surface area contributed by atoms with Gasteiger partial charge in [-0.3, -0.25) is 9.59 Å². The van der Waals surface area contributed by atoms with Gasteiger partial charge >= 0.3 is 0 Å². The highest BCUT2D eigenvalue weighted by Crippen LogP contribution is 2.14. The number of carbonyl (C=O) groups excluding carboxylic acids is 2. The van der Waals surface area contributed by atoms with Gasteiger partial charge in [-0.15, -0.1) is 0 Å². The number of carbonyl (C=O) groups is 2. The first-order valence-corrected chi connectivity index (χ1v) is 22.2. The fraction of sp³-hybridized carbons (Fsp3) is 0.955. The van der Waals surface area contributed by atoms with Gasteiger partial charge in [0, 0.05) is 26.2 Å². The van der Waals surface area contributed by atoms with Crippen LogP contribution in [-0.4, -0.2) is 61.0 Å². The number of ether oxygens (including phenoxy) is 1. The van der Waals surface area contributed by atoms with Crippen molar-refractivity contribution in [3.63, 3.8) is 0 Å². The second kappa shape index (κ2) is 39.7. The van der Waals surface area contributed by atoms with Crippen molar-refractivity contribution in [2.45, 2.75) is 233 Å². The molecule has 0 unspecified atom stereocenters. The molecule has 0 saturated heterocycles. The highest BCUT2D eigenvalue weighted by atomic mass is 16.5. The van der Waals surface area contributed by atoms with Crippen LogP contribution in [0, 0.1) is 0 Å². The summed E-state index contributed by atoms with van der Waals surface area (Å²) < 4.78 is 5.85. The summed E-state index contributed by atoms with van der Waals surface area (Å²) in [6, 6.07) is 0. The summed E-state index contributed by atoms with van der Waals surface area (Å²) in [6.07, 6.45) is 40.8. The highest BCUT2D eigenvalue weighted by Gasteiger charge is 2.17. The zero-order valence-corrected chi connectivity index (χ0v) is 34.0. The number of rotatable bonds is 40. The van der Waals surface area contributed by atoms with Crippen LogP contribution in [0.25, 0.3) is 0 Å². The molecule has 292 valence electrons. The average Bonchev–Trinajstić information content (AvgIpc) is 3.10. The molecule has 0 N–H and O–H groups in total. The van der Waals surface area contributed by atoms with E-state index in [9.17, 15) is 9.59 Å². The highest BCUT2D eigenvalue weighted by molar-refractivity contribution is 5.79. The molecule has 0 aliphatic rings. The average molecular weight is 693 g/mol. The minimum absolute atomic E-state index is 0.0295. The maximum Gasteiger partial charge on any atom is 0.248 e. The Morgan fingerprint density at radius 2 is 0.490 bits per heavy atom. The summed E-state index contributed by atoms with van der Waals surface area (Å²) in [7, 11) is 0.